The lowest BCUT2D eigenvalue weighted by Gasteiger charge is -2.22. The fourth-order valence-electron chi connectivity index (χ4n) is 2.04. The summed E-state index contributed by atoms with van der Waals surface area (Å²) in [5.74, 6) is -0.432. The van der Waals surface area contributed by atoms with Crippen molar-refractivity contribution in [1.82, 2.24) is 9.88 Å². The molecular weight excluding hydrogens is 278 g/mol. The number of carbonyl (C=O) groups is 1. The van der Waals surface area contributed by atoms with Gasteiger partial charge in [0.05, 0.1) is 18.7 Å². The monoisotopic (exact) mass is 294 g/mol. The minimum absolute atomic E-state index is 0.130. The molecule has 0 unspecified atom stereocenters. The Balaban J connectivity index is 2.24. The highest BCUT2D eigenvalue weighted by molar-refractivity contribution is 5.97. The van der Waals surface area contributed by atoms with Gasteiger partial charge >= 0.3 is 0 Å². The van der Waals surface area contributed by atoms with E-state index in [9.17, 15) is 13.6 Å². The molecule has 2 aromatic rings. The van der Waals surface area contributed by atoms with E-state index in [1.807, 2.05) is 6.07 Å². The second kappa shape index (κ2) is 7.08. The van der Waals surface area contributed by atoms with Crippen LogP contribution < -0.4 is 0 Å². The maximum Gasteiger partial charge on any atom is 0.255 e. The molecule has 0 fully saturated rings. The van der Waals surface area contributed by atoms with Crippen molar-refractivity contribution in [3.05, 3.63) is 42.1 Å². The van der Waals surface area contributed by atoms with E-state index in [2.05, 4.69) is 4.98 Å². The van der Waals surface area contributed by atoms with E-state index in [1.165, 1.54) is 7.11 Å². The molecule has 2 rings (SSSR count). The van der Waals surface area contributed by atoms with Crippen molar-refractivity contribution in [2.75, 3.05) is 26.8 Å². The predicted molar refractivity (Wildman–Crippen MR) is 75.5 cm³/mol. The number of methoxy groups -OCH3 is 1. The highest BCUT2D eigenvalue weighted by Gasteiger charge is 2.19. The lowest BCUT2D eigenvalue weighted by atomic mass is 10.1. The molecule has 1 aromatic heterocycles. The van der Waals surface area contributed by atoms with Crippen molar-refractivity contribution in [3.8, 4) is 0 Å². The normalized spacial score (nSPS) is 11.0. The molecule has 0 aliphatic carbocycles. The smallest absolute Gasteiger partial charge is 0.255 e. The minimum atomic E-state index is -2.58. The molecule has 0 saturated carbocycles. The molecular formula is C15H16F2N2O2. The van der Waals surface area contributed by atoms with E-state index in [0.717, 1.165) is 15.8 Å². The van der Waals surface area contributed by atoms with Crippen LogP contribution >= 0.6 is 0 Å². The molecule has 0 atom stereocenters. The van der Waals surface area contributed by atoms with Crippen molar-refractivity contribution in [2.45, 2.75) is 6.43 Å². The van der Waals surface area contributed by atoms with Crippen molar-refractivity contribution in [2.24, 2.45) is 0 Å². The summed E-state index contributed by atoms with van der Waals surface area (Å²) in [6.45, 7) is -0.258. The summed E-state index contributed by atoms with van der Waals surface area (Å²) in [4.78, 5) is 17.6. The molecule has 1 amide bonds. The number of hydrogen-bond donors (Lipinski definition) is 0. The second-order valence-corrected chi connectivity index (χ2v) is 4.55. The van der Waals surface area contributed by atoms with Crippen LogP contribution in [0.1, 0.15) is 10.4 Å². The van der Waals surface area contributed by atoms with Crippen LogP contribution in [0.15, 0.2) is 36.5 Å². The third-order valence-corrected chi connectivity index (χ3v) is 3.06. The number of halogens is 2. The second-order valence-electron chi connectivity index (χ2n) is 4.55. The van der Waals surface area contributed by atoms with E-state index in [-0.39, 0.29) is 13.2 Å². The first-order valence-corrected chi connectivity index (χ1v) is 6.53. The molecule has 1 heterocycles. The van der Waals surface area contributed by atoms with Gasteiger partial charge in [0.2, 0.25) is 0 Å². The summed E-state index contributed by atoms with van der Waals surface area (Å²) in [5.41, 5.74) is 1.12. The molecule has 6 heteroatoms. The van der Waals surface area contributed by atoms with Crippen LogP contribution in [0.4, 0.5) is 8.78 Å². The maximum atomic E-state index is 12.6. The number of benzene rings is 1. The zero-order valence-corrected chi connectivity index (χ0v) is 11.6. The number of aromatic nitrogens is 1. The average Bonchev–Trinajstić information content (AvgIpc) is 2.50. The van der Waals surface area contributed by atoms with E-state index >= 15 is 0 Å². The van der Waals surface area contributed by atoms with Gasteiger partial charge in [0.25, 0.3) is 12.3 Å². The number of nitrogens with zero attached hydrogens (tertiary/aromatic N) is 2. The van der Waals surface area contributed by atoms with Crippen LogP contribution in [0.5, 0.6) is 0 Å². The fraction of sp³-hybridized carbons (Fsp3) is 0.333. The Labute approximate surface area is 121 Å². The van der Waals surface area contributed by atoms with E-state index < -0.39 is 18.9 Å². The first-order chi connectivity index (χ1) is 10.1. The van der Waals surface area contributed by atoms with Crippen LogP contribution in [0.3, 0.4) is 0 Å². The Morgan fingerprint density at radius 3 is 2.90 bits per heavy atom. The summed E-state index contributed by atoms with van der Waals surface area (Å²) in [5, 5.41) is 0.798. The van der Waals surface area contributed by atoms with E-state index in [4.69, 9.17) is 4.74 Å². The first-order valence-electron chi connectivity index (χ1n) is 6.53. The molecule has 4 nitrogen and oxygen atoms in total. The first kappa shape index (κ1) is 15.3. The Morgan fingerprint density at radius 2 is 2.19 bits per heavy atom. The van der Waals surface area contributed by atoms with Gasteiger partial charge in [-0.05, 0) is 24.3 Å². The summed E-state index contributed by atoms with van der Waals surface area (Å²) >= 11 is 0. The molecule has 0 bridgehead atoms. The average molecular weight is 294 g/mol. The third kappa shape index (κ3) is 3.95. The highest BCUT2D eigenvalue weighted by atomic mass is 19.3. The molecule has 0 aliphatic heterocycles. The summed E-state index contributed by atoms with van der Waals surface area (Å²) in [6.07, 6.45) is -0.918. The van der Waals surface area contributed by atoms with Gasteiger partial charge in [-0.15, -0.1) is 0 Å². The summed E-state index contributed by atoms with van der Waals surface area (Å²) in [7, 11) is 1.47. The Kier molecular flexibility index (Phi) is 5.16. The minimum Gasteiger partial charge on any atom is -0.383 e. The number of carbonyl (C=O) groups excluding carboxylic acids is 1. The molecule has 21 heavy (non-hydrogen) atoms. The standard InChI is InChI=1S/C15H16F2N2O2/c1-21-8-7-19(10-14(16)17)15(20)12-4-5-13-11(9-12)3-2-6-18-13/h2-6,9,14H,7-8,10H2,1H3. The zero-order chi connectivity index (χ0) is 15.2. The molecule has 0 saturated heterocycles. The number of amides is 1. The van der Waals surface area contributed by atoms with Crippen LogP contribution in [0.2, 0.25) is 0 Å². The molecule has 0 N–H and O–H groups in total. The molecule has 1 aromatic carbocycles. The number of alkyl halides is 2. The summed E-state index contributed by atoms with van der Waals surface area (Å²) < 4.78 is 30.1. The van der Waals surface area contributed by atoms with Gasteiger partial charge in [-0.2, -0.15) is 0 Å². The van der Waals surface area contributed by atoms with Gasteiger partial charge in [-0.3, -0.25) is 9.78 Å². The van der Waals surface area contributed by atoms with Gasteiger partial charge in [0.1, 0.15) is 0 Å². The topological polar surface area (TPSA) is 42.4 Å². The molecule has 0 spiro atoms. The Morgan fingerprint density at radius 1 is 1.38 bits per heavy atom. The largest absolute Gasteiger partial charge is 0.383 e. The summed E-state index contributed by atoms with van der Waals surface area (Å²) in [6, 6.07) is 8.56. The van der Waals surface area contributed by atoms with Crippen molar-refractivity contribution in [1.29, 1.82) is 0 Å². The van der Waals surface area contributed by atoms with Crippen LogP contribution in [-0.2, 0) is 4.74 Å². The van der Waals surface area contributed by atoms with E-state index in [1.54, 1.807) is 30.5 Å². The number of pyridine rings is 1. The quantitative estimate of drug-likeness (QED) is 0.822. The van der Waals surface area contributed by atoms with Gasteiger partial charge in [-0.25, -0.2) is 8.78 Å². The zero-order valence-electron chi connectivity index (χ0n) is 11.6. The fourth-order valence-corrected chi connectivity index (χ4v) is 2.04. The number of rotatable bonds is 6. The molecule has 0 aliphatic rings. The lowest BCUT2D eigenvalue weighted by molar-refractivity contribution is 0.0478. The lowest BCUT2D eigenvalue weighted by Crippen LogP contribution is -2.37. The van der Waals surface area contributed by atoms with Crippen molar-refractivity contribution < 1.29 is 18.3 Å². The number of ether oxygens (including phenoxy) is 1. The number of fused-ring (bicyclic) bond motifs is 1. The predicted octanol–water partition coefficient (Wildman–Crippen LogP) is 2.59. The van der Waals surface area contributed by atoms with Crippen LogP contribution in [0.25, 0.3) is 10.9 Å². The Bertz CT molecular complexity index is 619. The van der Waals surface area contributed by atoms with Gasteiger partial charge in [-0.1, -0.05) is 6.07 Å². The van der Waals surface area contributed by atoms with Gasteiger partial charge in [0.15, 0.2) is 0 Å². The molecule has 0 radical (unpaired) electrons. The van der Waals surface area contributed by atoms with E-state index in [0.29, 0.717) is 5.56 Å². The highest BCUT2D eigenvalue weighted by Crippen LogP contribution is 2.15. The Hall–Kier alpha value is -2.08. The van der Waals surface area contributed by atoms with Crippen LogP contribution in [-0.4, -0.2) is 49.0 Å². The van der Waals surface area contributed by atoms with Gasteiger partial charge < -0.3 is 9.64 Å². The SMILES string of the molecule is COCCN(CC(F)F)C(=O)c1ccc2ncccc2c1. The number of hydrogen-bond acceptors (Lipinski definition) is 3. The van der Waals surface area contributed by atoms with Crippen molar-refractivity contribution >= 4 is 16.8 Å². The molecule has 112 valence electrons. The van der Waals surface area contributed by atoms with Crippen molar-refractivity contribution in [3.63, 3.8) is 0 Å². The van der Waals surface area contributed by atoms with Gasteiger partial charge in [0, 0.05) is 30.8 Å². The third-order valence-electron chi connectivity index (χ3n) is 3.06. The maximum absolute atomic E-state index is 12.6. The van der Waals surface area contributed by atoms with Crippen LogP contribution in [0, 0.1) is 0 Å².